The predicted octanol–water partition coefficient (Wildman–Crippen LogP) is 3.32. The third kappa shape index (κ3) is 2.83. The highest BCUT2D eigenvalue weighted by Gasteiger charge is 2.22. The highest BCUT2D eigenvalue weighted by atomic mass is 19.1. The van der Waals surface area contributed by atoms with Crippen molar-refractivity contribution in [1.29, 1.82) is 5.26 Å². The molecule has 0 spiro atoms. The molecule has 0 bridgehead atoms. The third-order valence-corrected chi connectivity index (χ3v) is 2.95. The van der Waals surface area contributed by atoms with Crippen LogP contribution in [0.25, 0.3) is 0 Å². The summed E-state index contributed by atoms with van der Waals surface area (Å²) in [6.07, 6.45) is 0. The van der Waals surface area contributed by atoms with E-state index in [-0.39, 0.29) is 5.78 Å². The van der Waals surface area contributed by atoms with Gasteiger partial charge in [0.2, 0.25) is 0 Å². The first-order chi connectivity index (χ1) is 9.65. The van der Waals surface area contributed by atoms with E-state index in [0.29, 0.717) is 16.9 Å². The van der Waals surface area contributed by atoms with Crippen molar-refractivity contribution < 1.29 is 13.9 Å². The Hall–Kier alpha value is -2.67. The maximum absolute atomic E-state index is 12.9. The molecule has 0 radical (unpaired) electrons. The Morgan fingerprint density at radius 2 is 1.95 bits per heavy atom. The lowest BCUT2D eigenvalue weighted by molar-refractivity contribution is 0.0979. The molecule has 2 aromatic carbocycles. The maximum atomic E-state index is 12.9. The first-order valence-electron chi connectivity index (χ1n) is 5.99. The van der Waals surface area contributed by atoms with Gasteiger partial charge < -0.3 is 4.74 Å². The molecule has 0 aliphatic rings. The molecule has 2 aromatic rings. The highest BCUT2D eigenvalue weighted by Crippen LogP contribution is 2.24. The number of nitrogens with zero attached hydrogens (tertiary/aromatic N) is 1. The lowest BCUT2D eigenvalue weighted by atomic mass is 9.92. The minimum atomic E-state index is -0.935. The number of nitriles is 1. The maximum Gasteiger partial charge on any atom is 0.184 e. The normalized spacial score (nSPS) is 11.4. The fourth-order valence-electron chi connectivity index (χ4n) is 1.89. The van der Waals surface area contributed by atoms with E-state index in [2.05, 4.69) is 0 Å². The molecule has 0 aromatic heterocycles. The van der Waals surface area contributed by atoms with Crippen LogP contribution in [-0.2, 0) is 0 Å². The fourth-order valence-corrected chi connectivity index (χ4v) is 1.89. The molecule has 0 aliphatic carbocycles. The summed E-state index contributed by atoms with van der Waals surface area (Å²) in [4.78, 5) is 12.3. The smallest absolute Gasteiger partial charge is 0.184 e. The summed E-state index contributed by atoms with van der Waals surface area (Å²) in [5.74, 6) is -1.14. The van der Waals surface area contributed by atoms with Crippen LogP contribution in [0.3, 0.4) is 0 Å². The summed E-state index contributed by atoms with van der Waals surface area (Å²) in [6, 6.07) is 13.9. The van der Waals surface area contributed by atoms with Crippen LogP contribution < -0.4 is 4.74 Å². The first-order valence-corrected chi connectivity index (χ1v) is 5.99. The van der Waals surface area contributed by atoms with Gasteiger partial charge in [-0.15, -0.1) is 0 Å². The zero-order chi connectivity index (χ0) is 14.5. The van der Waals surface area contributed by atoms with Crippen molar-refractivity contribution >= 4 is 5.78 Å². The second-order valence-corrected chi connectivity index (χ2v) is 4.21. The molecule has 2 rings (SSSR count). The summed E-state index contributed by atoms with van der Waals surface area (Å²) in [7, 11) is 1.52. The lowest BCUT2D eigenvalue weighted by Crippen LogP contribution is -2.11. The van der Waals surface area contributed by atoms with E-state index in [1.54, 1.807) is 24.3 Å². The van der Waals surface area contributed by atoms with Crippen LogP contribution in [0, 0.1) is 17.1 Å². The number of benzene rings is 2. The number of halogens is 1. The molecule has 0 amide bonds. The minimum Gasteiger partial charge on any atom is -0.497 e. The number of methoxy groups -OCH3 is 1. The Kier molecular flexibility index (Phi) is 4.11. The van der Waals surface area contributed by atoms with Gasteiger partial charge in [0.25, 0.3) is 0 Å². The summed E-state index contributed by atoms with van der Waals surface area (Å²) in [5, 5.41) is 9.24. The van der Waals surface area contributed by atoms with E-state index in [1.807, 2.05) is 6.07 Å². The molecular formula is C16H12FNO2. The standard InChI is InChI=1S/C16H12FNO2/c1-20-14-4-2-3-12(9-14)15(10-18)16(19)11-5-7-13(17)8-6-11/h2-9,15H,1H3. The van der Waals surface area contributed by atoms with Crippen molar-refractivity contribution in [2.75, 3.05) is 7.11 Å². The number of ketones is 1. The number of carbonyl (C=O) groups excluding carboxylic acids is 1. The van der Waals surface area contributed by atoms with Gasteiger partial charge >= 0.3 is 0 Å². The molecule has 4 heteroatoms. The zero-order valence-corrected chi connectivity index (χ0v) is 10.8. The van der Waals surface area contributed by atoms with Crippen molar-refractivity contribution in [2.24, 2.45) is 0 Å². The molecule has 100 valence electrons. The second kappa shape index (κ2) is 5.98. The average Bonchev–Trinajstić information content (AvgIpc) is 2.49. The van der Waals surface area contributed by atoms with Crippen molar-refractivity contribution in [3.63, 3.8) is 0 Å². The van der Waals surface area contributed by atoms with Crippen molar-refractivity contribution in [1.82, 2.24) is 0 Å². The van der Waals surface area contributed by atoms with Gasteiger partial charge in [0.1, 0.15) is 17.5 Å². The lowest BCUT2D eigenvalue weighted by Gasteiger charge is -2.10. The van der Waals surface area contributed by atoms with Gasteiger partial charge in [-0.1, -0.05) is 12.1 Å². The summed E-state index contributed by atoms with van der Waals surface area (Å²) >= 11 is 0. The van der Waals surface area contributed by atoms with E-state index in [4.69, 9.17) is 4.74 Å². The van der Waals surface area contributed by atoms with Crippen molar-refractivity contribution in [3.05, 3.63) is 65.5 Å². The summed E-state index contributed by atoms with van der Waals surface area (Å²) < 4.78 is 17.9. The monoisotopic (exact) mass is 269 g/mol. The van der Waals surface area contributed by atoms with Gasteiger partial charge in [0.15, 0.2) is 5.78 Å². The van der Waals surface area contributed by atoms with Crippen molar-refractivity contribution in [2.45, 2.75) is 5.92 Å². The van der Waals surface area contributed by atoms with E-state index in [0.717, 1.165) is 0 Å². The van der Waals surface area contributed by atoms with Crippen LogP contribution in [0.5, 0.6) is 5.75 Å². The Morgan fingerprint density at radius 3 is 2.55 bits per heavy atom. The van der Waals surface area contributed by atoms with Gasteiger partial charge in [-0.25, -0.2) is 4.39 Å². The Balaban J connectivity index is 2.34. The Bertz CT molecular complexity index is 659. The first kappa shape index (κ1) is 13.8. The molecule has 1 atom stereocenters. The molecular weight excluding hydrogens is 257 g/mol. The van der Waals surface area contributed by atoms with Crippen LogP contribution in [0.4, 0.5) is 4.39 Å². The SMILES string of the molecule is COc1cccc(C(C#N)C(=O)c2ccc(F)cc2)c1. The summed E-state index contributed by atoms with van der Waals surface area (Å²) in [5.41, 5.74) is 0.863. The van der Waals surface area contributed by atoms with Crippen LogP contribution in [0.2, 0.25) is 0 Å². The minimum absolute atomic E-state index is 0.306. The molecule has 1 unspecified atom stereocenters. The number of hydrogen-bond donors (Lipinski definition) is 0. The average molecular weight is 269 g/mol. The van der Waals surface area contributed by atoms with Gasteiger partial charge in [-0.3, -0.25) is 4.79 Å². The largest absolute Gasteiger partial charge is 0.497 e. The zero-order valence-electron chi connectivity index (χ0n) is 10.8. The Morgan fingerprint density at radius 1 is 1.25 bits per heavy atom. The number of carbonyl (C=O) groups is 1. The molecule has 0 fully saturated rings. The molecule has 0 aliphatic heterocycles. The molecule has 0 heterocycles. The van der Waals surface area contributed by atoms with E-state index in [1.165, 1.54) is 31.4 Å². The summed E-state index contributed by atoms with van der Waals surface area (Å²) in [6.45, 7) is 0. The number of Topliss-reactive ketones (excluding diaryl/α,β-unsaturated/α-hetero) is 1. The fraction of sp³-hybridized carbons (Fsp3) is 0.125. The van der Waals surface area contributed by atoms with Gasteiger partial charge in [0, 0.05) is 5.56 Å². The van der Waals surface area contributed by atoms with E-state index in [9.17, 15) is 14.4 Å². The van der Waals surface area contributed by atoms with E-state index < -0.39 is 11.7 Å². The second-order valence-electron chi connectivity index (χ2n) is 4.21. The van der Waals surface area contributed by atoms with Gasteiger partial charge in [-0.05, 0) is 42.0 Å². The quantitative estimate of drug-likeness (QED) is 0.800. The molecule has 0 saturated heterocycles. The third-order valence-electron chi connectivity index (χ3n) is 2.95. The molecule has 0 N–H and O–H groups in total. The van der Waals surface area contributed by atoms with Crippen LogP contribution >= 0.6 is 0 Å². The topological polar surface area (TPSA) is 50.1 Å². The molecule has 20 heavy (non-hydrogen) atoms. The predicted molar refractivity (Wildman–Crippen MR) is 72.1 cm³/mol. The molecule has 0 saturated carbocycles. The van der Waals surface area contributed by atoms with Gasteiger partial charge in [-0.2, -0.15) is 5.26 Å². The molecule has 3 nitrogen and oxygen atoms in total. The van der Waals surface area contributed by atoms with Crippen LogP contribution in [-0.4, -0.2) is 12.9 Å². The van der Waals surface area contributed by atoms with E-state index >= 15 is 0 Å². The Labute approximate surface area is 116 Å². The highest BCUT2D eigenvalue weighted by molar-refractivity contribution is 6.02. The number of ether oxygens (including phenoxy) is 1. The van der Waals surface area contributed by atoms with Crippen molar-refractivity contribution in [3.8, 4) is 11.8 Å². The van der Waals surface area contributed by atoms with Gasteiger partial charge in [0.05, 0.1) is 13.2 Å². The number of hydrogen-bond acceptors (Lipinski definition) is 3. The number of rotatable bonds is 4. The van der Waals surface area contributed by atoms with Crippen LogP contribution in [0.15, 0.2) is 48.5 Å². The van der Waals surface area contributed by atoms with Crippen LogP contribution in [0.1, 0.15) is 21.8 Å².